The van der Waals surface area contributed by atoms with E-state index in [1.165, 1.54) is 30.2 Å². The second kappa shape index (κ2) is 7.65. The molecule has 3 rings (SSSR count). The molecule has 0 aliphatic carbocycles. The van der Waals surface area contributed by atoms with Crippen LogP contribution in [0.2, 0.25) is 0 Å². The number of rotatable bonds is 5. The monoisotopic (exact) mass is 372 g/mol. The van der Waals surface area contributed by atoms with Crippen molar-refractivity contribution in [2.24, 2.45) is 5.92 Å². The van der Waals surface area contributed by atoms with Crippen molar-refractivity contribution in [3.63, 3.8) is 0 Å². The van der Waals surface area contributed by atoms with E-state index in [1.54, 1.807) is 38.4 Å². The number of likely N-dealkylation sites (N-methyl/N-ethyl adjacent to an activating group) is 1. The van der Waals surface area contributed by atoms with E-state index < -0.39 is 23.6 Å². The molecule has 2 amide bonds. The van der Waals surface area contributed by atoms with Crippen LogP contribution < -0.4 is 14.8 Å². The summed E-state index contributed by atoms with van der Waals surface area (Å²) in [7, 11) is 4.71. The highest BCUT2D eigenvalue weighted by Gasteiger charge is 2.45. The number of amides is 2. The van der Waals surface area contributed by atoms with Crippen LogP contribution in [0.1, 0.15) is 11.5 Å². The topological polar surface area (TPSA) is 67.9 Å². The van der Waals surface area contributed by atoms with Gasteiger partial charge in [0.2, 0.25) is 11.8 Å². The molecule has 0 aromatic heterocycles. The number of carbonyl (C=O) groups is 2. The minimum atomic E-state index is -0.990. The molecule has 1 N–H and O–H groups in total. The lowest BCUT2D eigenvalue weighted by atomic mass is 9.87. The highest BCUT2D eigenvalue weighted by atomic mass is 19.1. The second-order valence-corrected chi connectivity index (χ2v) is 6.38. The van der Waals surface area contributed by atoms with Crippen LogP contribution in [-0.2, 0) is 9.59 Å². The standard InChI is InChI=1S/C20H21FN2O4/c1-23-11-14(13-10-12(26-2)8-9-17(13)27-3)18(20(23)25)19(24)22-16-7-5-4-6-15(16)21/h4-10,14,18H,11H2,1-3H3,(H,22,24)/t14-,18+/m1/s1. The molecule has 2 aromatic rings. The quantitative estimate of drug-likeness (QED) is 0.820. The van der Waals surface area contributed by atoms with Crippen LogP contribution in [0.25, 0.3) is 0 Å². The van der Waals surface area contributed by atoms with Gasteiger partial charge in [0, 0.05) is 25.1 Å². The van der Waals surface area contributed by atoms with E-state index in [0.29, 0.717) is 23.6 Å². The lowest BCUT2D eigenvalue weighted by Gasteiger charge is -2.20. The summed E-state index contributed by atoms with van der Waals surface area (Å²) in [5, 5.41) is 2.54. The maximum Gasteiger partial charge on any atom is 0.237 e. The molecule has 1 aliphatic heterocycles. The lowest BCUT2D eigenvalue weighted by molar-refractivity contribution is -0.135. The van der Waals surface area contributed by atoms with Crippen LogP contribution in [0.5, 0.6) is 11.5 Å². The minimum absolute atomic E-state index is 0.0428. The normalized spacial score (nSPS) is 19.1. The van der Waals surface area contributed by atoms with Gasteiger partial charge in [0.1, 0.15) is 23.2 Å². The third-order valence-electron chi connectivity index (χ3n) is 4.77. The van der Waals surface area contributed by atoms with Gasteiger partial charge in [-0.05, 0) is 30.3 Å². The number of halogens is 1. The summed E-state index contributed by atoms with van der Waals surface area (Å²) in [4.78, 5) is 27.0. The van der Waals surface area contributed by atoms with Crippen molar-refractivity contribution in [3.05, 3.63) is 53.8 Å². The molecule has 7 heteroatoms. The molecular weight excluding hydrogens is 351 g/mol. The maximum atomic E-state index is 13.9. The van der Waals surface area contributed by atoms with Crippen LogP contribution >= 0.6 is 0 Å². The molecule has 2 aromatic carbocycles. The summed E-state index contributed by atoms with van der Waals surface area (Å²) < 4.78 is 24.6. The van der Waals surface area contributed by atoms with E-state index in [-0.39, 0.29) is 11.6 Å². The Morgan fingerprint density at radius 2 is 1.93 bits per heavy atom. The van der Waals surface area contributed by atoms with Crippen molar-refractivity contribution in [1.82, 2.24) is 4.90 Å². The Morgan fingerprint density at radius 3 is 2.59 bits per heavy atom. The number of ether oxygens (including phenoxy) is 2. The molecule has 1 fully saturated rings. The predicted octanol–water partition coefficient (Wildman–Crippen LogP) is 2.65. The largest absolute Gasteiger partial charge is 0.497 e. The first-order valence-corrected chi connectivity index (χ1v) is 8.48. The van der Waals surface area contributed by atoms with E-state index >= 15 is 0 Å². The van der Waals surface area contributed by atoms with Crippen LogP contribution in [0.3, 0.4) is 0 Å². The van der Waals surface area contributed by atoms with E-state index in [1.807, 2.05) is 0 Å². The van der Waals surface area contributed by atoms with Crippen LogP contribution in [-0.4, -0.2) is 44.5 Å². The molecule has 0 radical (unpaired) electrons. The first-order valence-electron chi connectivity index (χ1n) is 8.48. The molecule has 142 valence electrons. The summed E-state index contributed by atoms with van der Waals surface area (Å²) in [6.45, 7) is 0.345. The number of hydrogen-bond acceptors (Lipinski definition) is 4. The van der Waals surface area contributed by atoms with Crippen molar-refractivity contribution in [1.29, 1.82) is 0 Å². The molecule has 0 unspecified atom stereocenters. The van der Waals surface area contributed by atoms with E-state index in [4.69, 9.17) is 9.47 Å². The van der Waals surface area contributed by atoms with Gasteiger partial charge in [-0.15, -0.1) is 0 Å². The Balaban J connectivity index is 1.96. The Morgan fingerprint density at radius 1 is 1.19 bits per heavy atom. The molecule has 6 nitrogen and oxygen atoms in total. The number of nitrogens with one attached hydrogen (secondary N) is 1. The molecule has 0 spiro atoms. The van der Waals surface area contributed by atoms with Crippen molar-refractivity contribution >= 4 is 17.5 Å². The Hall–Kier alpha value is -3.09. The zero-order chi connectivity index (χ0) is 19.6. The SMILES string of the molecule is COc1ccc(OC)c([C@H]2CN(C)C(=O)[C@@H]2C(=O)Nc2ccccc2F)c1. The molecule has 27 heavy (non-hydrogen) atoms. The predicted molar refractivity (Wildman–Crippen MR) is 98.4 cm³/mol. The summed E-state index contributed by atoms with van der Waals surface area (Å²) in [6, 6.07) is 11.1. The van der Waals surface area contributed by atoms with Gasteiger partial charge in [-0.3, -0.25) is 9.59 Å². The van der Waals surface area contributed by atoms with Gasteiger partial charge in [0.25, 0.3) is 0 Å². The fourth-order valence-electron chi connectivity index (χ4n) is 3.37. The zero-order valence-electron chi connectivity index (χ0n) is 15.4. The summed E-state index contributed by atoms with van der Waals surface area (Å²) in [5.74, 6) is -1.70. The average Bonchev–Trinajstić information content (AvgIpc) is 2.97. The van der Waals surface area contributed by atoms with Crippen molar-refractivity contribution in [2.75, 3.05) is 33.1 Å². The molecule has 1 aliphatic rings. The van der Waals surface area contributed by atoms with Crippen LogP contribution in [0.15, 0.2) is 42.5 Å². The number of para-hydroxylation sites is 1. The molecular formula is C20H21FN2O4. The van der Waals surface area contributed by atoms with Crippen molar-refractivity contribution in [2.45, 2.75) is 5.92 Å². The lowest BCUT2D eigenvalue weighted by Crippen LogP contribution is -2.33. The highest BCUT2D eigenvalue weighted by Crippen LogP contribution is 2.40. The molecule has 1 saturated heterocycles. The van der Waals surface area contributed by atoms with E-state index in [0.717, 1.165) is 0 Å². The smallest absolute Gasteiger partial charge is 0.237 e. The third kappa shape index (κ3) is 3.58. The number of benzene rings is 2. The number of likely N-dealkylation sites (tertiary alicyclic amines) is 1. The summed E-state index contributed by atoms with van der Waals surface area (Å²) >= 11 is 0. The highest BCUT2D eigenvalue weighted by molar-refractivity contribution is 6.08. The Labute approximate surface area is 156 Å². The van der Waals surface area contributed by atoms with Gasteiger partial charge in [-0.25, -0.2) is 4.39 Å². The molecule has 1 heterocycles. The first-order chi connectivity index (χ1) is 13.0. The van der Waals surface area contributed by atoms with Crippen molar-refractivity contribution in [3.8, 4) is 11.5 Å². The first kappa shape index (κ1) is 18.7. The average molecular weight is 372 g/mol. The van der Waals surface area contributed by atoms with E-state index in [9.17, 15) is 14.0 Å². The molecule has 2 atom stereocenters. The minimum Gasteiger partial charge on any atom is -0.497 e. The van der Waals surface area contributed by atoms with Gasteiger partial charge in [-0.1, -0.05) is 12.1 Å². The number of methoxy groups -OCH3 is 2. The van der Waals surface area contributed by atoms with Crippen LogP contribution in [0, 0.1) is 11.7 Å². The number of anilines is 1. The Bertz CT molecular complexity index is 871. The van der Waals surface area contributed by atoms with Gasteiger partial charge in [0.05, 0.1) is 19.9 Å². The summed E-state index contributed by atoms with van der Waals surface area (Å²) in [5.41, 5.74) is 0.740. The van der Waals surface area contributed by atoms with Crippen molar-refractivity contribution < 1.29 is 23.5 Å². The number of hydrogen-bond donors (Lipinski definition) is 1. The second-order valence-electron chi connectivity index (χ2n) is 6.38. The number of carbonyl (C=O) groups excluding carboxylic acids is 2. The van der Waals surface area contributed by atoms with Gasteiger partial charge in [0.15, 0.2) is 0 Å². The van der Waals surface area contributed by atoms with Gasteiger partial charge in [-0.2, -0.15) is 0 Å². The molecule has 0 saturated carbocycles. The third-order valence-corrected chi connectivity index (χ3v) is 4.77. The number of nitrogens with zero attached hydrogens (tertiary/aromatic N) is 1. The van der Waals surface area contributed by atoms with Gasteiger partial charge >= 0.3 is 0 Å². The molecule has 0 bridgehead atoms. The summed E-state index contributed by atoms with van der Waals surface area (Å²) in [6.07, 6.45) is 0. The van der Waals surface area contributed by atoms with Gasteiger partial charge < -0.3 is 19.7 Å². The zero-order valence-corrected chi connectivity index (χ0v) is 15.4. The Kier molecular flexibility index (Phi) is 5.30. The fraction of sp³-hybridized carbons (Fsp3) is 0.300. The fourth-order valence-corrected chi connectivity index (χ4v) is 3.37. The maximum absolute atomic E-state index is 13.9. The van der Waals surface area contributed by atoms with Crippen LogP contribution in [0.4, 0.5) is 10.1 Å². The van der Waals surface area contributed by atoms with E-state index in [2.05, 4.69) is 5.32 Å².